The highest BCUT2D eigenvalue weighted by molar-refractivity contribution is 5.84. The number of fused-ring (bicyclic) bond motifs is 1. The minimum Gasteiger partial charge on any atom is -0.337 e. The zero-order valence-electron chi connectivity index (χ0n) is 13.2. The summed E-state index contributed by atoms with van der Waals surface area (Å²) in [7, 11) is 0. The number of amides is 1. The molecule has 1 aliphatic heterocycles. The molecule has 3 nitrogen and oxygen atoms in total. The molecular weight excluding hydrogens is 284 g/mol. The predicted octanol–water partition coefficient (Wildman–Crippen LogP) is 2.54. The molecule has 2 aromatic rings. The SMILES string of the molecule is O=C1C(NC2Cc3ccccc3C2)CCN1Cc1ccccc1. The summed E-state index contributed by atoms with van der Waals surface area (Å²) in [6.07, 6.45) is 3.00. The Morgan fingerprint density at radius 3 is 2.30 bits per heavy atom. The summed E-state index contributed by atoms with van der Waals surface area (Å²) in [6, 6.07) is 19.2. The van der Waals surface area contributed by atoms with Crippen LogP contribution >= 0.6 is 0 Å². The van der Waals surface area contributed by atoms with Gasteiger partial charge in [0.2, 0.25) is 5.91 Å². The van der Waals surface area contributed by atoms with E-state index >= 15 is 0 Å². The molecule has 1 amide bonds. The lowest BCUT2D eigenvalue weighted by Gasteiger charge is -2.19. The van der Waals surface area contributed by atoms with Crippen LogP contribution in [0.3, 0.4) is 0 Å². The number of hydrogen-bond donors (Lipinski definition) is 1. The molecule has 23 heavy (non-hydrogen) atoms. The molecule has 1 atom stereocenters. The first-order valence-corrected chi connectivity index (χ1v) is 8.45. The molecular formula is C20H22N2O. The maximum atomic E-state index is 12.6. The van der Waals surface area contributed by atoms with E-state index in [1.807, 2.05) is 23.1 Å². The van der Waals surface area contributed by atoms with Gasteiger partial charge in [0, 0.05) is 19.1 Å². The summed E-state index contributed by atoms with van der Waals surface area (Å²) >= 11 is 0. The molecule has 0 saturated carbocycles. The normalized spacial score (nSPS) is 21.0. The summed E-state index contributed by atoms with van der Waals surface area (Å²) in [4.78, 5) is 14.6. The Balaban J connectivity index is 1.36. The third-order valence-corrected chi connectivity index (χ3v) is 5.00. The van der Waals surface area contributed by atoms with E-state index < -0.39 is 0 Å². The first-order valence-electron chi connectivity index (χ1n) is 8.45. The van der Waals surface area contributed by atoms with Crippen molar-refractivity contribution in [2.45, 2.75) is 37.9 Å². The van der Waals surface area contributed by atoms with Crippen molar-refractivity contribution in [3.05, 3.63) is 71.3 Å². The van der Waals surface area contributed by atoms with Crippen LogP contribution in [0.2, 0.25) is 0 Å². The highest BCUT2D eigenvalue weighted by Gasteiger charge is 2.34. The number of carbonyl (C=O) groups excluding carboxylic acids is 1. The lowest BCUT2D eigenvalue weighted by atomic mass is 10.1. The molecule has 118 valence electrons. The Labute approximate surface area is 137 Å². The van der Waals surface area contributed by atoms with Gasteiger partial charge in [-0.1, -0.05) is 54.6 Å². The second kappa shape index (κ2) is 6.17. The number of rotatable bonds is 4. The predicted molar refractivity (Wildman–Crippen MR) is 91.0 cm³/mol. The van der Waals surface area contributed by atoms with Crippen molar-refractivity contribution in [3.8, 4) is 0 Å². The van der Waals surface area contributed by atoms with E-state index in [1.54, 1.807) is 0 Å². The summed E-state index contributed by atoms with van der Waals surface area (Å²) in [5.74, 6) is 0.254. The van der Waals surface area contributed by atoms with Crippen LogP contribution in [0.4, 0.5) is 0 Å². The largest absolute Gasteiger partial charge is 0.337 e. The quantitative estimate of drug-likeness (QED) is 0.941. The van der Waals surface area contributed by atoms with E-state index in [0.717, 1.165) is 32.4 Å². The van der Waals surface area contributed by atoms with Gasteiger partial charge in [-0.3, -0.25) is 4.79 Å². The number of carbonyl (C=O) groups is 1. The Hall–Kier alpha value is -2.13. The molecule has 3 heteroatoms. The fraction of sp³-hybridized carbons (Fsp3) is 0.350. The van der Waals surface area contributed by atoms with Crippen molar-refractivity contribution in [1.29, 1.82) is 0 Å². The van der Waals surface area contributed by atoms with E-state index in [9.17, 15) is 4.79 Å². The zero-order chi connectivity index (χ0) is 15.6. The zero-order valence-corrected chi connectivity index (χ0v) is 13.2. The van der Waals surface area contributed by atoms with Crippen molar-refractivity contribution in [2.75, 3.05) is 6.54 Å². The van der Waals surface area contributed by atoms with Gasteiger partial charge in [-0.15, -0.1) is 0 Å². The lowest BCUT2D eigenvalue weighted by molar-refractivity contribution is -0.130. The fourth-order valence-electron chi connectivity index (χ4n) is 3.82. The van der Waals surface area contributed by atoms with Gasteiger partial charge in [0.25, 0.3) is 0 Å². The summed E-state index contributed by atoms with van der Waals surface area (Å²) in [6.45, 7) is 1.58. The van der Waals surface area contributed by atoms with E-state index in [0.29, 0.717) is 6.04 Å². The fourth-order valence-corrected chi connectivity index (χ4v) is 3.82. The molecule has 2 aliphatic rings. The van der Waals surface area contributed by atoms with Gasteiger partial charge >= 0.3 is 0 Å². The second-order valence-corrected chi connectivity index (χ2v) is 6.63. The topological polar surface area (TPSA) is 32.3 Å². The summed E-state index contributed by atoms with van der Waals surface area (Å²) in [5.41, 5.74) is 4.06. The molecule has 1 unspecified atom stereocenters. The smallest absolute Gasteiger partial charge is 0.240 e. The monoisotopic (exact) mass is 306 g/mol. The first kappa shape index (κ1) is 14.5. The second-order valence-electron chi connectivity index (χ2n) is 6.63. The molecule has 1 N–H and O–H groups in total. The number of benzene rings is 2. The molecule has 1 heterocycles. The van der Waals surface area contributed by atoms with E-state index in [4.69, 9.17) is 0 Å². The van der Waals surface area contributed by atoms with Crippen LogP contribution in [0, 0.1) is 0 Å². The van der Waals surface area contributed by atoms with Crippen molar-refractivity contribution < 1.29 is 4.79 Å². The Kier molecular flexibility index (Phi) is 3.88. The summed E-state index contributed by atoms with van der Waals surface area (Å²) < 4.78 is 0. The third-order valence-electron chi connectivity index (χ3n) is 5.00. The van der Waals surface area contributed by atoms with Crippen LogP contribution < -0.4 is 5.32 Å². The molecule has 0 bridgehead atoms. The standard InChI is InChI=1S/C20H22N2O/c23-20-19(10-11-22(20)14-15-6-2-1-3-7-15)21-18-12-16-8-4-5-9-17(16)13-18/h1-9,18-19,21H,10-14H2. The lowest BCUT2D eigenvalue weighted by Crippen LogP contribution is -2.44. The maximum absolute atomic E-state index is 12.6. The number of nitrogens with zero attached hydrogens (tertiary/aromatic N) is 1. The molecule has 0 spiro atoms. The maximum Gasteiger partial charge on any atom is 0.240 e. The Morgan fingerprint density at radius 1 is 0.957 bits per heavy atom. The van der Waals surface area contributed by atoms with Crippen LogP contribution in [0.5, 0.6) is 0 Å². The van der Waals surface area contributed by atoms with Crippen LogP contribution in [0.15, 0.2) is 54.6 Å². The van der Waals surface area contributed by atoms with E-state index in [1.165, 1.54) is 16.7 Å². The molecule has 0 radical (unpaired) electrons. The minimum atomic E-state index is -0.0157. The molecule has 1 fully saturated rings. The van der Waals surface area contributed by atoms with Crippen molar-refractivity contribution in [3.63, 3.8) is 0 Å². The van der Waals surface area contributed by atoms with Crippen molar-refractivity contribution in [1.82, 2.24) is 10.2 Å². The summed E-state index contributed by atoms with van der Waals surface area (Å²) in [5, 5.41) is 3.60. The average molecular weight is 306 g/mol. The Morgan fingerprint density at radius 2 is 1.61 bits per heavy atom. The van der Waals surface area contributed by atoms with Crippen LogP contribution in [-0.2, 0) is 24.2 Å². The highest BCUT2D eigenvalue weighted by atomic mass is 16.2. The van der Waals surface area contributed by atoms with Crippen LogP contribution in [0.1, 0.15) is 23.1 Å². The van der Waals surface area contributed by atoms with Gasteiger partial charge in [-0.05, 0) is 36.0 Å². The highest BCUT2D eigenvalue weighted by Crippen LogP contribution is 2.23. The Bertz CT molecular complexity index is 673. The first-order chi connectivity index (χ1) is 11.3. The molecule has 1 aliphatic carbocycles. The molecule has 4 rings (SSSR count). The van der Waals surface area contributed by atoms with Gasteiger partial charge in [-0.25, -0.2) is 0 Å². The van der Waals surface area contributed by atoms with Gasteiger partial charge in [0.1, 0.15) is 0 Å². The minimum absolute atomic E-state index is 0.0157. The van der Waals surface area contributed by atoms with Crippen LogP contribution in [0.25, 0.3) is 0 Å². The van der Waals surface area contributed by atoms with Crippen LogP contribution in [-0.4, -0.2) is 29.4 Å². The molecule has 1 saturated heterocycles. The van der Waals surface area contributed by atoms with Gasteiger partial charge in [-0.2, -0.15) is 0 Å². The molecule has 2 aromatic carbocycles. The average Bonchev–Trinajstić information content (AvgIpc) is 3.14. The van der Waals surface area contributed by atoms with Crippen molar-refractivity contribution >= 4 is 5.91 Å². The van der Waals surface area contributed by atoms with Gasteiger partial charge in [0.05, 0.1) is 6.04 Å². The third kappa shape index (κ3) is 3.02. The number of likely N-dealkylation sites (tertiary alicyclic amines) is 1. The van der Waals surface area contributed by atoms with E-state index in [2.05, 4.69) is 41.7 Å². The molecule has 0 aromatic heterocycles. The van der Waals surface area contributed by atoms with Gasteiger partial charge in [0.15, 0.2) is 0 Å². The van der Waals surface area contributed by atoms with Crippen molar-refractivity contribution in [2.24, 2.45) is 0 Å². The van der Waals surface area contributed by atoms with E-state index in [-0.39, 0.29) is 11.9 Å². The van der Waals surface area contributed by atoms with Gasteiger partial charge < -0.3 is 10.2 Å². The number of nitrogens with one attached hydrogen (secondary N) is 1. The number of hydrogen-bond acceptors (Lipinski definition) is 2.